The standard InChI is InChI=1S/C10H17N3O/c1-2-6-11-9-4-3-5-10(13-9)12-7-8-14/h3-5,14H,2,6-8H2,1H3,(H2,11,12,13). The summed E-state index contributed by atoms with van der Waals surface area (Å²) >= 11 is 0. The topological polar surface area (TPSA) is 57.2 Å². The molecule has 0 spiro atoms. The molecule has 1 aromatic rings. The van der Waals surface area contributed by atoms with Crippen molar-refractivity contribution in [2.45, 2.75) is 13.3 Å². The van der Waals surface area contributed by atoms with Crippen molar-refractivity contribution in [2.75, 3.05) is 30.3 Å². The van der Waals surface area contributed by atoms with E-state index < -0.39 is 0 Å². The van der Waals surface area contributed by atoms with Crippen LogP contribution in [0.3, 0.4) is 0 Å². The molecule has 0 aromatic carbocycles. The van der Waals surface area contributed by atoms with Crippen LogP contribution >= 0.6 is 0 Å². The van der Waals surface area contributed by atoms with E-state index in [0.717, 1.165) is 24.6 Å². The zero-order valence-corrected chi connectivity index (χ0v) is 8.45. The van der Waals surface area contributed by atoms with E-state index in [1.807, 2.05) is 18.2 Å². The van der Waals surface area contributed by atoms with Crippen LogP contribution in [0.25, 0.3) is 0 Å². The number of hydrogen-bond donors (Lipinski definition) is 3. The van der Waals surface area contributed by atoms with Gasteiger partial charge in [0.2, 0.25) is 0 Å². The van der Waals surface area contributed by atoms with Crippen LogP contribution in [0.2, 0.25) is 0 Å². The number of nitrogens with zero attached hydrogens (tertiary/aromatic N) is 1. The van der Waals surface area contributed by atoms with Crippen LogP contribution < -0.4 is 10.6 Å². The van der Waals surface area contributed by atoms with Crippen LogP contribution in [0.15, 0.2) is 18.2 Å². The maximum absolute atomic E-state index is 8.63. The molecule has 4 nitrogen and oxygen atoms in total. The predicted octanol–water partition coefficient (Wildman–Crippen LogP) is 1.31. The monoisotopic (exact) mass is 195 g/mol. The van der Waals surface area contributed by atoms with Gasteiger partial charge in [-0.2, -0.15) is 0 Å². The smallest absolute Gasteiger partial charge is 0.128 e. The van der Waals surface area contributed by atoms with Crippen LogP contribution in [-0.4, -0.2) is 29.8 Å². The summed E-state index contributed by atoms with van der Waals surface area (Å²) in [6.07, 6.45) is 1.08. The van der Waals surface area contributed by atoms with Gasteiger partial charge in [0.15, 0.2) is 0 Å². The molecule has 0 aliphatic heterocycles. The van der Waals surface area contributed by atoms with Crippen LogP contribution in [0.5, 0.6) is 0 Å². The molecule has 3 N–H and O–H groups in total. The van der Waals surface area contributed by atoms with E-state index >= 15 is 0 Å². The van der Waals surface area contributed by atoms with Crippen molar-refractivity contribution in [3.8, 4) is 0 Å². The molecule has 0 aliphatic carbocycles. The summed E-state index contributed by atoms with van der Waals surface area (Å²) in [4.78, 5) is 4.31. The first-order chi connectivity index (χ1) is 6.86. The summed E-state index contributed by atoms with van der Waals surface area (Å²) in [5.41, 5.74) is 0. The van der Waals surface area contributed by atoms with Crippen LogP contribution in [-0.2, 0) is 0 Å². The molecule has 0 aliphatic rings. The fourth-order valence-corrected chi connectivity index (χ4v) is 1.07. The summed E-state index contributed by atoms with van der Waals surface area (Å²) in [5.74, 6) is 1.66. The fraction of sp³-hybridized carbons (Fsp3) is 0.500. The molecule has 0 saturated heterocycles. The summed E-state index contributed by atoms with van der Waals surface area (Å²) in [6, 6.07) is 5.75. The number of anilines is 2. The number of aromatic nitrogens is 1. The molecule has 14 heavy (non-hydrogen) atoms. The van der Waals surface area contributed by atoms with E-state index in [1.165, 1.54) is 0 Å². The zero-order valence-electron chi connectivity index (χ0n) is 8.45. The Kier molecular flexibility index (Phi) is 4.78. The third-order valence-corrected chi connectivity index (χ3v) is 1.72. The minimum absolute atomic E-state index is 0.119. The van der Waals surface area contributed by atoms with Crippen LogP contribution in [0.1, 0.15) is 13.3 Å². The molecule has 1 heterocycles. The van der Waals surface area contributed by atoms with Gasteiger partial charge < -0.3 is 15.7 Å². The lowest BCUT2D eigenvalue weighted by molar-refractivity contribution is 0.311. The van der Waals surface area contributed by atoms with Crippen molar-refractivity contribution in [1.82, 2.24) is 4.98 Å². The average Bonchev–Trinajstić information content (AvgIpc) is 2.24. The van der Waals surface area contributed by atoms with E-state index in [9.17, 15) is 0 Å². The maximum atomic E-state index is 8.63. The molecule has 0 atom stereocenters. The second kappa shape index (κ2) is 6.21. The van der Waals surface area contributed by atoms with Crippen molar-refractivity contribution < 1.29 is 5.11 Å². The highest BCUT2D eigenvalue weighted by molar-refractivity contribution is 5.44. The minimum atomic E-state index is 0.119. The average molecular weight is 195 g/mol. The third kappa shape index (κ3) is 3.62. The molecular weight excluding hydrogens is 178 g/mol. The maximum Gasteiger partial charge on any atom is 0.128 e. The molecule has 1 rings (SSSR count). The number of rotatable bonds is 6. The van der Waals surface area contributed by atoms with E-state index in [2.05, 4.69) is 22.5 Å². The minimum Gasteiger partial charge on any atom is -0.395 e. The van der Waals surface area contributed by atoms with Crippen molar-refractivity contribution >= 4 is 11.6 Å². The van der Waals surface area contributed by atoms with Gasteiger partial charge in [-0.3, -0.25) is 0 Å². The van der Waals surface area contributed by atoms with E-state index in [0.29, 0.717) is 6.54 Å². The van der Waals surface area contributed by atoms with Gasteiger partial charge in [-0.15, -0.1) is 0 Å². The molecule has 4 heteroatoms. The lowest BCUT2D eigenvalue weighted by atomic mass is 10.4. The Labute approximate surface area is 84.4 Å². The lowest BCUT2D eigenvalue weighted by Crippen LogP contribution is -2.08. The molecule has 0 saturated carbocycles. The summed E-state index contributed by atoms with van der Waals surface area (Å²) in [6.45, 7) is 3.69. The van der Waals surface area contributed by atoms with Gasteiger partial charge in [0.1, 0.15) is 11.6 Å². The Hall–Kier alpha value is -1.29. The van der Waals surface area contributed by atoms with Crippen molar-refractivity contribution in [1.29, 1.82) is 0 Å². The van der Waals surface area contributed by atoms with Crippen LogP contribution in [0.4, 0.5) is 11.6 Å². The number of hydrogen-bond acceptors (Lipinski definition) is 4. The molecule has 0 bridgehead atoms. The summed E-state index contributed by atoms with van der Waals surface area (Å²) < 4.78 is 0. The predicted molar refractivity (Wildman–Crippen MR) is 58.6 cm³/mol. The van der Waals surface area contributed by atoms with Gasteiger partial charge in [-0.05, 0) is 18.6 Å². The highest BCUT2D eigenvalue weighted by atomic mass is 16.3. The second-order valence-electron chi connectivity index (χ2n) is 2.99. The van der Waals surface area contributed by atoms with E-state index in [-0.39, 0.29) is 6.61 Å². The Balaban J connectivity index is 2.50. The van der Waals surface area contributed by atoms with Gasteiger partial charge in [-0.1, -0.05) is 13.0 Å². The van der Waals surface area contributed by atoms with Gasteiger partial charge in [0.05, 0.1) is 6.61 Å². The third-order valence-electron chi connectivity index (χ3n) is 1.72. The quantitative estimate of drug-likeness (QED) is 0.640. The normalized spacial score (nSPS) is 9.86. The number of nitrogens with one attached hydrogen (secondary N) is 2. The first-order valence-corrected chi connectivity index (χ1v) is 4.92. The van der Waals surface area contributed by atoms with Gasteiger partial charge in [0.25, 0.3) is 0 Å². The summed E-state index contributed by atoms with van der Waals surface area (Å²) in [5, 5.41) is 14.8. The Morgan fingerprint density at radius 1 is 1.21 bits per heavy atom. The second-order valence-corrected chi connectivity index (χ2v) is 2.99. The van der Waals surface area contributed by atoms with E-state index in [4.69, 9.17) is 5.11 Å². The van der Waals surface area contributed by atoms with Gasteiger partial charge in [-0.25, -0.2) is 4.98 Å². The Morgan fingerprint density at radius 2 is 1.86 bits per heavy atom. The lowest BCUT2D eigenvalue weighted by Gasteiger charge is -2.07. The molecule has 0 unspecified atom stereocenters. The van der Waals surface area contributed by atoms with Gasteiger partial charge >= 0.3 is 0 Å². The Morgan fingerprint density at radius 3 is 2.43 bits per heavy atom. The highest BCUT2D eigenvalue weighted by Gasteiger charge is 1.95. The van der Waals surface area contributed by atoms with Crippen LogP contribution in [0, 0.1) is 0 Å². The van der Waals surface area contributed by atoms with Crippen molar-refractivity contribution in [3.05, 3.63) is 18.2 Å². The van der Waals surface area contributed by atoms with E-state index in [1.54, 1.807) is 0 Å². The first kappa shape index (κ1) is 10.8. The zero-order chi connectivity index (χ0) is 10.2. The Bertz CT molecular complexity index is 242. The summed E-state index contributed by atoms with van der Waals surface area (Å²) in [7, 11) is 0. The molecule has 0 fully saturated rings. The van der Waals surface area contributed by atoms with Crippen molar-refractivity contribution in [2.24, 2.45) is 0 Å². The number of pyridine rings is 1. The number of aliphatic hydroxyl groups is 1. The molecule has 1 aromatic heterocycles. The first-order valence-electron chi connectivity index (χ1n) is 4.92. The van der Waals surface area contributed by atoms with Crippen molar-refractivity contribution in [3.63, 3.8) is 0 Å². The fourth-order valence-electron chi connectivity index (χ4n) is 1.07. The van der Waals surface area contributed by atoms with Gasteiger partial charge in [0, 0.05) is 13.1 Å². The molecule has 0 radical (unpaired) electrons. The molecular formula is C10H17N3O. The molecule has 0 amide bonds. The number of aliphatic hydroxyl groups excluding tert-OH is 1. The molecule has 78 valence electrons. The highest BCUT2D eigenvalue weighted by Crippen LogP contribution is 2.08. The SMILES string of the molecule is CCCNc1cccc(NCCO)n1. The largest absolute Gasteiger partial charge is 0.395 e.